The van der Waals surface area contributed by atoms with Crippen molar-refractivity contribution in [1.82, 2.24) is 9.44 Å². The van der Waals surface area contributed by atoms with Crippen LogP contribution in [0.2, 0.25) is 0 Å². The largest absolute Gasteiger partial charge is 0.497 e. The van der Waals surface area contributed by atoms with Crippen LogP contribution in [0.25, 0.3) is 0 Å². The van der Waals surface area contributed by atoms with E-state index < -0.39 is 32.1 Å². The highest BCUT2D eigenvalue weighted by Crippen LogP contribution is 2.18. The van der Waals surface area contributed by atoms with E-state index >= 15 is 0 Å². The number of methoxy groups -OCH3 is 2. The first kappa shape index (κ1) is 32.8. The van der Waals surface area contributed by atoms with E-state index in [9.17, 15) is 26.4 Å². The number of ether oxygens (including phenoxy) is 2. The van der Waals surface area contributed by atoms with E-state index in [1.54, 1.807) is 97.1 Å². The molecule has 12 nitrogen and oxygen atoms in total. The van der Waals surface area contributed by atoms with Crippen molar-refractivity contribution in [2.24, 2.45) is 0 Å². The Hall–Kier alpha value is -5.08. The predicted molar refractivity (Wildman–Crippen MR) is 171 cm³/mol. The van der Waals surface area contributed by atoms with Crippen molar-refractivity contribution in [3.8, 4) is 11.5 Å². The third kappa shape index (κ3) is 10.5. The van der Waals surface area contributed by atoms with Crippen LogP contribution in [-0.2, 0) is 38.0 Å². The third-order valence-electron chi connectivity index (χ3n) is 6.36. The number of anilines is 2. The minimum absolute atomic E-state index is 0.369. The summed E-state index contributed by atoms with van der Waals surface area (Å²) in [5, 5.41) is 5.02. The second-order valence-electron chi connectivity index (χ2n) is 9.90. The number of sulfonamides is 2. The van der Waals surface area contributed by atoms with Crippen LogP contribution in [0.5, 0.6) is 11.5 Å². The lowest BCUT2D eigenvalue weighted by molar-refractivity contribution is 0.255. The molecule has 4 aromatic carbocycles. The van der Waals surface area contributed by atoms with Gasteiger partial charge in [0.15, 0.2) is 0 Å². The zero-order valence-electron chi connectivity index (χ0n) is 24.4. The molecule has 4 rings (SSSR count). The van der Waals surface area contributed by atoms with Gasteiger partial charge in [-0.25, -0.2) is 35.9 Å². The van der Waals surface area contributed by atoms with Gasteiger partial charge in [0.05, 0.1) is 25.7 Å². The Morgan fingerprint density at radius 3 is 1.13 bits per heavy atom. The van der Waals surface area contributed by atoms with Gasteiger partial charge < -0.3 is 20.1 Å². The Labute approximate surface area is 261 Å². The molecule has 4 aromatic rings. The first-order chi connectivity index (χ1) is 21.4. The van der Waals surface area contributed by atoms with E-state index in [-0.39, 0.29) is 11.5 Å². The molecule has 0 spiro atoms. The van der Waals surface area contributed by atoms with Crippen molar-refractivity contribution in [3.05, 3.63) is 119 Å². The summed E-state index contributed by atoms with van der Waals surface area (Å²) in [4.78, 5) is 24.6. The number of hydrogen-bond acceptors (Lipinski definition) is 8. The molecule has 0 aliphatic carbocycles. The lowest BCUT2D eigenvalue weighted by Crippen LogP contribution is -2.35. The summed E-state index contributed by atoms with van der Waals surface area (Å²) >= 11 is 0. The van der Waals surface area contributed by atoms with Gasteiger partial charge in [0, 0.05) is 11.4 Å². The Bertz CT molecular complexity index is 1690. The van der Waals surface area contributed by atoms with Crippen molar-refractivity contribution in [2.75, 3.05) is 24.9 Å². The molecule has 0 aliphatic heterocycles. The lowest BCUT2D eigenvalue weighted by atomic mass is 10.0. The zero-order valence-corrected chi connectivity index (χ0v) is 26.1. The molecular weight excluding hydrogens is 620 g/mol. The summed E-state index contributed by atoms with van der Waals surface area (Å²) in [6.07, 6.45) is 0.533. The van der Waals surface area contributed by atoms with Crippen LogP contribution in [0.1, 0.15) is 22.3 Å². The number of rotatable bonds is 12. The lowest BCUT2D eigenvalue weighted by Gasteiger charge is -2.11. The Kier molecular flexibility index (Phi) is 10.6. The smallest absolute Gasteiger partial charge is 0.332 e. The summed E-state index contributed by atoms with van der Waals surface area (Å²) < 4.78 is 63.6. The summed E-state index contributed by atoms with van der Waals surface area (Å²) in [5.41, 5.74) is 3.64. The molecular formula is C31H32N4O8S2. The van der Waals surface area contributed by atoms with Crippen molar-refractivity contribution in [2.45, 2.75) is 17.9 Å². The van der Waals surface area contributed by atoms with Crippen LogP contribution in [0.15, 0.2) is 97.1 Å². The van der Waals surface area contributed by atoms with E-state index in [2.05, 4.69) is 10.6 Å². The molecule has 0 saturated heterocycles. The fourth-order valence-corrected chi connectivity index (χ4v) is 6.27. The number of hydrogen-bond donors (Lipinski definition) is 4. The number of nitrogens with one attached hydrogen (secondary N) is 4. The summed E-state index contributed by atoms with van der Waals surface area (Å²) in [6, 6.07) is 25.0. The van der Waals surface area contributed by atoms with E-state index in [0.29, 0.717) is 40.4 Å². The van der Waals surface area contributed by atoms with Crippen LogP contribution < -0.4 is 29.6 Å². The summed E-state index contributed by atoms with van der Waals surface area (Å²) in [7, 11) is -4.83. The zero-order chi connectivity index (χ0) is 32.5. The topological polar surface area (TPSA) is 169 Å². The highest BCUT2D eigenvalue weighted by atomic mass is 32.2. The van der Waals surface area contributed by atoms with Gasteiger partial charge in [0.25, 0.3) is 0 Å². The van der Waals surface area contributed by atoms with Crippen LogP contribution in [0.3, 0.4) is 0 Å². The number of urea groups is 2. The first-order valence-electron chi connectivity index (χ1n) is 13.5. The Balaban J connectivity index is 1.24. The first-order valence-corrected chi connectivity index (χ1v) is 16.8. The standard InChI is InChI=1S/C31H32N4O8S2/c1-42-28-15-7-24(8-16-28)20-44(38,39)34-30(36)32-26-11-3-22(4-12-26)19-23-5-13-27(14-6-23)33-31(37)35-45(40,41)21-25-9-17-29(43-2)18-10-25/h3-18H,19-21H2,1-2H3,(H2,32,34,36)(H2,33,35,37). The molecule has 0 aliphatic rings. The Morgan fingerprint density at radius 2 is 0.822 bits per heavy atom. The van der Waals surface area contributed by atoms with Crippen LogP contribution in [0.4, 0.5) is 21.0 Å². The van der Waals surface area contributed by atoms with Gasteiger partial charge in [-0.2, -0.15) is 0 Å². The van der Waals surface area contributed by atoms with Gasteiger partial charge in [0.2, 0.25) is 20.0 Å². The molecule has 0 heterocycles. The molecule has 14 heteroatoms. The normalized spacial score (nSPS) is 11.2. The SMILES string of the molecule is COc1ccc(CS(=O)(=O)NC(=O)Nc2ccc(Cc3ccc(NC(=O)NS(=O)(=O)Cc4ccc(OC)cc4)cc3)cc2)cc1. The molecule has 0 saturated carbocycles. The number of benzene rings is 4. The molecule has 0 atom stereocenters. The quantitative estimate of drug-likeness (QED) is 0.172. The van der Waals surface area contributed by atoms with Gasteiger partial charge >= 0.3 is 12.1 Å². The molecule has 0 bridgehead atoms. The number of carbonyl (C=O) groups is 2. The molecule has 4 N–H and O–H groups in total. The summed E-state index contributed by atoms with van der Waals surface area (Å²) in [6.45, 7) is 0. The highest BCUT2D eigenvalue weighted by molar-refractivity contribution is 7.89. The third-order valence-corrected chi connectivity index (χ3v) is 8.78. The highest BCUT2D eigenvalue weighted by Gasteiger charge is 2.17. The average molecular weight is 653 g/mol. The molecule has 4 amide bonds. The van der Waals surface area contributed by atoms with Crippen LogP contribution in [-0.4, -0.2) is 43.1 Å². The fraction of sp³-hybridized carbons (Fsp3) is 0.161. The second kappa shape index (κ2) is 14.6. The monoisotopic (exact) mass is 652 g/mol. The average Bonchev–Trinajstić information content (AvgIpc) is 2.99. The van der Waals surface area contributed by atoms with E-state index in [0.717, 1.165) is 11.1 Å². The molecule has 236 valence electrons. The molecule has 0 radical (unpaired) electrons. The van der Waals surface area contributed by atoms with Gasteiger partial charge in [-0.1, -0.05) is 48.5 Å². The van der Waals surface area contributed by atoms with E-state index in [4.69, 9.17) is 9.47 Å². The van der Waals surface area contributed by atoms with Crippen LogP contribution in [0, 0.1) is 0 Å². The molecule has 45 heavy (non-hydrogen) atoms. The van der Waals surface area contributed by atoms with Gasteiger partial charge in [-0.15, -0.1) is 0 Å². The van der Waals surface area contributed by atoms with Crippen molar-refractivity contribution in [3.63, 3.8) is 0 Å². The minimum Gasteiger partial charge on any atom is -0.497 e. The van der Waals surface area contributed by atoms with E-state index in [1.807, 2.05) is 9.44 Å². The fourth-order valence-electron chi connectivity index (χ4n) is 4.20. The molecule has 0 aromatic heterocycles. The Morgan fingerprint density at radius 1 is 0.511 bits per heavy atom. The van der Waals surface area contributed by atoms with Gasteiger partial charge in [-0.3, -0.25) is 0 Å². The van der Waals surface area contributed by atoms with Crippen LogP contribution >= 0.6 is 0 Å². The van der Waals surface area contributed by atoms with Crippen molar-refractivity contribution >= 4 is 43.5 Å². The van der Waals surface area contributed by atoms with Gasteiger partial charge in [0.1, 0.15) is 11.5 Å². The maximum absolute atomic E-state index is 12.4. The molecule has 0 fully saturated rings. The second-order valence-corrected chi connectivity index (χ2v) is 13.3. The summed E-state index contributed by atoms with van der Waals surface area (Å²) in [5.74, 6) is 0.449. The van der Waals surface area contributed by atoms with Crippen molar-refractivity contribution < 1.29 is 35.9 Å². The number of carbonyl (C=O) groups excluding carboxylic acids is 2. The van der Waals surface area contributed by atoms with E-state index in [1.165, 1.54) is 14.2 Å². The predicted octanol–water partition coefficient (Wildman–Crippen LogP) is 4.60. The van der Waals surface area contributed by atoms with Gasteiger partial charge in [-0.05, 0) is 77.2 Å². The maximum atomic E-state index is 12.4. The number of amides is 4. The van der Waals surface area contributed by atoms with Crippen molar-refractivity contribution in [1.29, 1.82) is 0 Å². The maximum Gasteiger partial charge on any atom is 0.332 e. The molecule has 0 unspecified atom stereocenters. The minimum atomic E-state index is -3.92.